The third-order valence-corrected chi connectivity index (χ3v) is 25.2. The lowest BCUT2D eigenvalue weighted by Gasteiger charge is -2.29. The zero-order chi connectivity index (χ0) is 87.4. The second kappa shape index (κ2) is 47.0. The van der Waals surface area contributed by atoms with Crippen molar-refractivity contribution in [1.29, 1.82) is 0 Å². The molecule has 10 rings (SSSR count). The molecule has 0 radical (unpaired) electrons. The van der Waals surface area contributed by atoms with E-state index < -0.39 is 68.9 Å². The number of thioether (sulfide) groups is 2. The van der Waals surface area contributed by atoms with Gasteiger partial charge in [0.25, 0.3) is 27.8 Å². The number of hydrogen-bond donors (Lipinski definition) is 10. The number of alkyl carbamates (subject to hydrolysis) is 2. The van der Waals surface area contributed by atoms with Crippen molar-refractivity contribution in [2.75, 3.05) is 88.9 Å². The first-order valence-corrected chi connectivity index (χ1v) is 46.0. The summed E-state index contributed by atoms with van der Waals surface area (Å²) in [6.07, 6.45) is 7.68. The van der Waals surface area contributed by atoms with Gasteiger partial charge in [0.15, 0.2) is 5.25 Å². The van der Waals surface area contributed by atoms with E-state index in [1.165, 1.54) is 0 Å². The van der Waals surface area contributed by atoms with Gasteiger partial charge in [0.2, 0.25) is 17.7 Å². The Hall–Kier alpha value is -8.54. The molecular weight excluding hydrogens is 1640 g/mol. The maximum atomic E-state index is 14.7. The van der Waals surface area contributed by atoms with Crippen molar-refractivity contribution in [3.63, 3.8) is 0 Å². The molecule has 5 fully saturated rings. The summed E-state index contributed by atoms with van der Waals surface area (Å²) in [5.74, 6) is -2.44. The van der Waals surface area contributed by atoms with Crippen molar-refractivity contribution in [2.24, 2.45) is 0 Å². The van der Waals surface area contributed by atoms with Crippen LogP contribution >= 0.6 is 23.5 Å². The van der Waals surface area contributed by atoms with E-state index in [1.807, 2.05) is 120 Å². The van der Waals surface area contributed by atoms with E-state index in [2.05, 4.69) is 63.0 Å². The standard InChI is InChI=1S/C84H120N14O21S3/c1-83(2,3)117-81(108)92-79-88-62-52-120-65(74(62)90-79)27-15-17-29-68(101)85-33-19-7-9-22-58(99)48-54-45-55(49-59(100)23-10-8-20-34-86-69(102)30-18-16-28-66-75-63(53-121-66)89-80(91-75)93-82(109)118-84(4,5)6)47-57(46-54)77(106)87-35-31-70(103)96-51-56-21-11-12-24-60(56)73-76(61-25-13-14-26-64(61)96)97(95-94-73)36-38-114-40-42-116-44-43-115-41-39-113-37-32-72(105)119-98-71(104)50-67(78(98)107)122(110,111)112/h11-14,21,24-26,45-47,62-63,65-67,74-75,79-80,88-91H,7-10,15-20,22-23,27-44,48-53H2,1-6H3,(H,85,101)(H,86,102)(H,87,106)(H,92,108)(H,93,109)(H,110,111,112). The first-order chi connectivity index (χ1) is 58.4. The van der Waals surface area contributed by atoms with Crippen molar-refractivity contribution >= 4 is 104 Å². The molecule has 0 saturated carbocycles. The van der Waals surface area contributed by atoms with Crippen LogP contribution in [0.15, 0.2) is 66.7 Å². The monoisotopic (exact) mass is 1760 g/mol. The van der Waals surface area contributed by atoms with Crippen LogP contribution in [0.1, 0.15) is 191 Å². The van der Waals surface area contributed by atoms with Crippen LogP contribution in [0.25, 0.3) is 22.5 Å². The number of hydroxylamine groups is 2. The van der Waals surface area contributed by atoms with Crippen molar-refractivity contribution in [2.45, 2.75) is 253 Å². The minimum Gasteiger partial charge on any atom is -0.444 e. The van der Waals surface area contributed by atoms with E-state index >= 15 is 0 Å². The fourth-order valence-corrected chi connectivity index (χ4v) is 19.1. The van der Waals surface area contributed by atoms with Gasteiger partial charge in [-0.25, -0.2) is 19.1 Å². The number of ether oxygens (including phenoxy) is 6. The summed E-state index contributed by atoms with van der Waals surface area (Å²) in [5.41, 5.74) is 4.45. The number of rotatable bonds is 49. The Morgan fingerprint density at radius 1 is 0.566 bits per heavy atom. The van der Waals surface area contributed by atoms with Gasteiger partial charge >= 0.3 is 18.2 Å². The Labute approximate surface area is 721 Å². The van der Waals surface area contributed by atoms with Crippen LogP contribution in [0.2, 0.25) is 0 Å². The number of unbranched alkanes of at least 4 members (excludes halogenated alkanes) is 6. The van der Waals surface area contributed by atoms with Crippen LogP contribution in [0.4, 0.5) is 15.3 Å². The molecule has 6 aliphatic heterocycles. The molecular formula is C84H120N14O21S3. The number of carbonyl (C=O) groups is 11. The van der Waals surface area contributed by atoms with Gasteiger partial charge in [-0.05, 0) is 128 Å². The van der Waals surface area contributed by atoms with Crippen LogP contribution in [0.5, 0.6) is 0 Å². The molecule has 6 aliphatic rings. The van der Waals surface area contributed by atoms with Crippen molar-refractivity contribution in [3.05, 3.63) is 89.0 Å². The van der Waals surface area contributed by atoms with Crippen molar-refractivity contribution in [3.8, 4) is 22.5 Å². The first kappa shape index (κ1) is 95.7. The summed E-state index contributed by atoms with van der Waals surface area (Å²) in [6.45, 7) is 13.7. The maximum Gasteiger partial charge on any atom is 0.409 e. The lowest BCUT2D eigenvalue weighted by Crippen LogP contribution is -2.51. The van der Waals surface area contributed by atoms with Gasteiger partial charge in [0.1, 0.15) is 41.0 Å². The number of para-hydroxylation sites is 1. The van der Waals surface area contributed by atoms with Gasteiger partial charge < -0.3 is 54.1 Å². The Kier molecular flexibility index (Phi) is 36.8. The number of anilines is 1. The summed E-state index contributed by atoms with van der Waals surface area (Å²) in [5, 5.41) is 36.6. The zero-order valence-electron chi connectivity index (χ0n) is 70.6. The van der Waals surface area contributed by atoms with Gasteiger partial charge in [-0.1, -0.05) is 79.4 Å². The van der Waals surface area contributed by atoms with E-state index in [0.29, 0.717) is 115 Å². The predicted molar refractivity (Wildman–Crippen MR) is 455 cm³/mol. The molecule has 0 spiro atoms. The normalized spacial score (nSPS) is 20.4. The largest absolute Gasteiger partial charge is 0.444 e. The number of nitrogens with one attached hydrogen (secondary N) is 9. The fourth-order valence-electron chi connectivity index (χ4n) is 15.3. The highest BCUT2D eigenvalue weighted by molar-refractivity contribution is 8.00. The highest BCUT2D eigenvalue weighted by Gasteiger charge is 2.49. The summed E-state index contributed by atoms with van der Waals surface area (Å²) >= 11 is 3.80. The second-order valence-corrected chi connectivity index (χ2v) is 37.3. The molecule has 8 amide bonds. The summed E-state index contributed by atoms with van der Waals surface area (Å²) in [4.78, 5) is 149. The lowest BCUT2D eigenvalue weighted by atomic mass is 9.95. The number of benzene rings is 3. The number of imide groups is 1. The minimum absolute atomic E-state index is 0.00946. The number of hydrogen-bond acceptors (Lipinski definition) is 28. The molecule has 35 nitrogen and oxygen atoms in total. The number of Topliss-reactive ketones (excluding diaryl/α,β-unsaturated/α-hetero) is 2. The van der Waals surface area contributed by atoms with Crippen LogP contribution in [-0.2, 0) is 108 Å². The molecule has 9 unspecified atom stereocenters. The van der Waals surface area contributed by atoms with Gasteiger partial charge in [-0.2, -0.15) is 31.9 Å². The average Bonchev–Trinajstić information content (AvgIpc) is 1.54. The summed E-state index contributed by atoms with van der Waals surface area (Å²) in [6, 6.07) is 21.2. The Balaban J connectivity index is 0.656. The Morgan fingerprint density at radius 3 is 1.61 bits per heavy atom. The van der Waals surface area contributed by atoms with E-state index in [-0.39, 0.29) is 181 Å². The molecule has 7 heterocycles. The SMILES string of the molecule is CC(C)(C)OC(=O)NC1NC2CSC(CCCCC(=O)NCCCCCC(=O)Cc3cc(CC(=O)CCCCCNC(=O)CCCCC4SCC5NC(NC(=O)OC(C)(C)C)NC54)cc(C(=O)NCCC(=O)N4Cc5ccccc5-c5nnn(CCOCCOCCOCCOCCC(=O)ON6C(=O)CC(S(=O)(=O)O)C6=O)c5-c5ccccc54)c3)C2N1. The second-order valence-electron chi connectivity index (χ2n) is 33.2. The van der Waals surface area contributed by atoms with Crippen molar-refractivity contribution < 1.29 is 99.0 Å². The molecule has 122 heavy (non-hydrogen) atoms. The molecule has 1 aromatic heterocycles. The van der Waals surface area contributed by atoms with E-state index in [4.69, 9.17) is 33.0 Å². The van der Waals surface area contributed by atoms with Crippen LogP contribution in [-0.4, -0.2) is 246 Å². The smallest absolute Gasteiger partial charge is 0.409 e. The number of nitrogens with zero attached hydrogens (tertiary/aromatic N) is 5. The Bertz CT molecular complexity index is 4250. The molecule has 9 atom stereocenters. The zero-order valence-corrected chi connectivity index (χ0v) is 73.0. The highest BCUT2D eigenvalue weighted by atomic mass is 32.2. The van der Waals surface area contributed by atoms with Crippen LogP contribution in [0.3, 0.4) is 0 Å². The van der Waals surface area contributed by atoms with E-state index in [0.717, 1.165) is 61.2 Å². The molecule has 670 valence electrons. The maximum absolute atomic E-state index is 14.7. The van der Waals surface area contributed by atoms with E-state index in [9.17, 15) is 61.2 Å². The van der Waals surface area contributed by atoms with Gasteiger partial charge in [0, 0.05) is 127 Å². The molecule has 38 heteroatoms. The van der Waals surface area contributed by atoms with Crippen LogP contribution < -0.4 is 52.8 Å². The number of aromatic nitrogens is 3. The number of fused-ring (bicyclic) bond motifs is 7. The average molecular weight is 1760 g/mol. The quantitative estimate of drug-likeness (QED) is 0.0126. The number of carbonyl (C=O) groups excluding carboxylic acids is 11. The predicted octanol–water partition coefficient (Wildman–Crippen LogP) is 6.61. The topological polar surface area (TPSA) is 452 Å². The summed E-state index contributed by atoms with van der Waals surface area (Å²) in [7, 11) is -4.85. The lowest BCUT2D eigenvalue weighted by molar-refractivity contribution is -0.198. The molecule has 0 bridgehead atoms. The number of ketones is 2. The number of amides is 8. The van der Waals surface area contributed by atoms with Gasteiger partial charge in [-0.15, -0.1) is 10.2 Å². The van der Waals surface area contributed by atoms with Crippen molar-refractivity contribution in [1.82, 2.24) is 67.9 Å². The third-order valence-electron chi connectivity index (χ3n) is 21.1. The first-order valence-electron chi connectivity index (χ1n) is 42.4. The molecule has 0 aliphatic carbocycles. The minimum atomic E-state index is -4.85. The summed E-state index contributed by atoms with van der Waals surface area (Å²) < 4.78 is 66.9. The van der Waals surface area contributed by atoms with E-state index in [1.54, 1.807) is 21.7 Å². The molecule has 4 aromatic rings. The van der Waals surface area contributed by atoms with Crippen LogP contribution in [0, 0.1) is 0 Å². The fraction of sp³-hybridized carbons (Fsp3) is 0.631. The molecule has 3 aromatic carbocycles. The molecule has 10 N–H and O–H groups in total. The van der Waals surface area contributed by atoms with Gasteiger partial charge in [0.05, 0.1) is 90.2 Å². The third kappa shape index (κ3) is 30.4. The molecule has 5 saturated heterocycles. The highest BCUT2D eigenvalue weighted by Crippen LogP contribution is 2.42. The Morgan fingerprint density at radius 2 is 1.07 bits per heavy atom. The van der Waals surface area contributed by atoms with Gasteiger partial charge in [-0.3, -0.25) is 74.8 Å².